The molecule has 4 N–H and O–H groups in total. The molecule has 0 saturated carbocycles. The van der Waals surface area contributed by atoms with Gasteiger partial charge in [-0.15, -0.1) is 0 Å². The first-order valence-corrected chi connectivity index (χ1v) is 10.2. The van der Waals surface area contributed by atoms with Crippen LogP contribution in [0.3, 0.4) is 0 Å². The Balaban J connectivity index is 3.77. The number of rotatable bonds is 17. The van der Waals surface area contributed by atoms with Crippen molar-refractivity contribution in [2.24, 2.45) is 0 Å². The molecule has 0 saturated heterocycles. The highest BCUT2D eigenvalue weighted by atomic mass is 16.4. The van der Waals surface area contributed by atoms with E-state index in [4.69, 9.17) is 5.11 Å². The number of hydrogen-bond donors (Lipinski definition) is 4. The lowest BCUT2D eigenvalue weighted by molar-refractivity contribution is -0.137. The fraction of sp³-hybridized carbons (Fsp3) is 0.682. The summed E-state index contributed by atoms with van der Waals surface area (Å²) in [5.74, 6) is -0.743. The minimum atomic E-state index is -0.743. The van der Waals surface area contributed by atoms with Gasteiger partial charge >= 0.3 is 5.97 Å². The highest BCUT2D eigenvalue weighted by molar-refractivity contribution is 5.66. The topological polar surface area (TPSA) is 98.0 Å². The molecular formula is C22H38O5. The summed E-state index contributed by atoms with van der Waals surface area (Å²) in [6.45, 7) is 2.10. The fourth-order valence-electron chi connectivity index (χ4n) is 2.59. The predicted molar refractivity (Wildman–Crippen MR) is 110 cm³/mol. The molecule has 156 valence electrons. The van der Waals surface area contributed by atoms with Crippen LogP contribution in [0.2, 0.25) is 0 Å². The Labute approximate surface area is 164 Å². The first-order chi connectivity index (χ1) is 13.0. The van der Waals surface area contributed by atoms with Crippen LogP contribution in [-0.2, 0) is 4.79 Å². The maximum absolute atomic E-state index is 10.4. The molecular weight excluding hydrogens is 344 g/mol. The Bertz CT molecular complexity index is 442. The van der Waals surface area contributed by atoms with Crippen molar-refractivity contribution in [1.29, 1.82) is 0 Å². The molecule has 5 nitrogen and oxygen atoms in total. The molecule has 0 amide bonds. The van der Waals surface area contributed by atoms with Crippen LogP contribution < -0.4 is 0 Å². The Hall–Kier alpha value is -1.43. The number of aliphatic hydroxyl groups is 3. The van der Waals surface area contributed by atoms with E-state index in [0.29, 0.717) is 25.7 Å². The number of aliphatic carboxylic acids is 1. The third-order valence-corrected chi connectivity index (χ3v) is 4.31. The van der Waals surface area contributed by atoms with Gasteiger partial charge in [0.1, 0.15) is 0 Å². The minimum Gasteiger partial charge on any atom is -0.481 e. The summed E-state index contributed by atoms with van der Waals surface area (Å²) in [6, 6.07) is 0. The summed E-state index contributed by atoms with van der Waals surface area (Å²) in [5, 5.41) is 38.1. The predicted octanol–water partition coefficient (Wildman–Crippen LogP) is 4.13. The van der Waals surface area contributed by atoms with Crippen LogP contribution in [0.4, 0.5) is 0 Å². The van der Waals surface area contributed by atoms with Crippen LogP contribution in [0, 0.1) is 0 Å². The summed E-state index contributed by atoms with van der Waals surface area (Å²) in [5.41, 5.74) is 0. The van der Waals surface area contributed by atoms with Crippen LogP contribution in [-0.4, -0.2) is 44.7 Å². The summed E-state index contributed by atoms with van der Waals surface area (Å²) in [4.78, 5) is 10.4. The lowest BCUT2D eigenvalue weighted by Gasteiger charge is -2.15. The standard InChI is InChI=1S/C22H38O5/c1-2-3-9-16-20(24)21(25)17-12-8-11-15-19(23)14-10-6-4-5-7-13-18-22(26)27/h6,8,10-12,15,19-21,23-25H,2-5,7,9,13-14,16-18H2,1H3,(H,26,27)/b10-6+,12-8+,15-11-. The second kappa shape index (κ2) is 18.0. The van der Waals surface area contributed by atoms with E-state index in [9.17, 15) is 20.1 Å². The number of carboxylic acid groups (broad SMARTS) is 1. The van der Waals surface area contributed by atoms with E-state index in [0.717, 1.165) is 38.5 Å². The van der Waals surface area contributed by atoms with E-state index in [1.54, 1.807) is 24.3 Å². The van der Waals surface area contributed by atoms with Crippen molar-refractivity contribution in [3.05, 3.63) is 36.5 Å². The molecule has 0 fully saturated rings. The molecule has 0 aliphatic heterocycles. The van der Waals surface area contributed by atoms with Crippen LogP contribution in [0.1, 0.15) is 77.6 Å². The van der Waals surface area contributed by atoms with E-state index in [1.807, 2.05) is 12.2 Å². The molecule has 0 aliphatic rings. The van der Waals surface area contributed by atoms with Gasteiger partial charge in [-0.3, -0.25) is 4.79 Å². The molecule has 0 radical (unpaired) electrons. The zero-order valence-electron chi connectivity index (χ0n) is 16.7. The van der Waals surface area contributed by atoms with Gasteiger partial charge in [-0.2, -0.15) is 0 Å². The molecule has 0 rings (SSSR count). The van der Waals surface area contributed by atoms with Gasteiger partial charge in [0.25, 0.3) is 0 Å². The molecule has 0 heterocycles. The monoisotopic (exact) mass is 382 g/mol. The molecule has 3 atom stereocenters. The van der Waals surface area contributed by atoms with Crippen molar-refractivity contribution in [3.8, 4) is 0 Å². The summed E-state index contributed by atoms with van der Waals surface area (Å²) >= 11 is 0. The maximum atomic E-state index is 10.4. The molecule has 0 aromatic rings. The lowest BCUT2D eigenvalue weighted by Crippen LogP contribution is -2.25. The summed E-state index contributed by atoms with van der Waals surface area (Å²) < 4.78 is 0. The van der Waals surface area contributed by atoms with Crippen LogP contribution in [0.25, 0.3) is 0 Å². The van der Waals surface area contributed by atoms with E-state index < -0.39 is 24.3 Å². The van der Waals surface area contributed by atoms with Crippen molar-refractivity contribution in [1.82, 2.24) is 0 Å². The van der Waals surface area contributed by atoms with Gasteiger partial charge in [0, 0.05) is 6.42 Å². The average molecular weight is 383 g/mol. The number of carboxylic acids is 1. The maximum Gasteiger partial charge on any atom is 0.303 e. The van der Waals surface area contributed by atoms with Gasteiger partial charge in [-0.1, -0.05) is 69.1 Å². The quantitative estimate of drug-likeness (QED) is 0.172. The van der Waals surface area contributed by atoms with Gasteiger partial charge in [-0.05, 0) is 38.5 Å². The molecule has 0 aliphatic carbocycles. The highest BCUT2D eigenvalue weighted by Gasteiger charge is 2.13. The van der Waals surface area contributed by atoms with E-state index >= 15 is 0 Å². The van der Waals surface area contributed by atoms with Gasteiger partial charge in [0.05, 0.1) is 18.3 Å². The van der Waals surface area contributed by atoms with E-state index in [-0.39, 0.29) is 6.42 Å². The third kappa shape index (κ3) is 17.7. The van der Waals surface area contributed by atoms with Crippen molar-refractivity contribution >= 4 is 5.97 Å². The minimum absolute atomic E-state index is 0.232. The van der Waals surface area contributed by atoms with Gasteiger partial charge in [0.2, 0.25) is 0 Å². The number of aliphatic hydroxyl groups excluding tert-OH is 3. The first-order valence-electron chi connectivity index (χ1n) is 10.2. The number of hydrogen-bond acceptors (Lipinski definition) is 4. The van der Waals surface area contributed by atoms with Crippen LogP contribution >= 0.6 is 0 Å². The molecule has 0 bridgehead atoms. The van der Waals surface area contributed by atoms with Gasteiger partial charge in [-0.25, -0.2) is 0 Å². The zero-order valence-corrected chi connectivity index (χ0v) is 16.7. The van der Waals surface area contributed by atoms with Crippen molar-refractivity contribution in [2.45, 2.75) is 95.9 Å². The molecule has 5 heteroatoms. The highest BCUT2D eigenvalue weighted by Crippen LogP contribution is 2.10. The molecule has 0 aromatic heterocycles. The van der Waals surface area contributed by atoms with Crippen LogP contribution in [0.15, 0.2) is 36.5 Å². The summed E-state index contributed by atoms with van der Waals surface area (Å²) in [6.07, 6.45) is 17.4. The molecule has 0 spiro atoms. The Morgan fingerprint density at radius 3 is 2.33 bits per heavy atom. The van der Waals surface area contributed by atoms with Crippen molar-refractivity contribution in [3.63, 3.8) is 0 Å². The van der Waals surface area contributed by atoms with Gasteiger partial charge in [0.15, 0.2) is 0 Å². The Kier molecular flexibility index (Phi) is 17.0. The molecule has 3 unspecified atom stereocenters. The zero-order chi connectivity index (χ0) is 20.3. The van der Waals surface area contributed by atoms with E-state index in [1.165, 1.54) is 0 Å². The number of allylic oxidation sites excluding steroid dienone is 3. The van der Waals surface area contributed by atoms with Gasteiger partial charge < -0.3 is 20.4 Å². The van der Waals surface area contributed by atoms with Crippen LogP contribution in [0.5, 0.6) is 0 Å². The molecule has 0 aromatic carbocycles. The van der Waals surface area contributed by atoms with E-state index in [2.05, 4.69) is 6.92 Å². The average Bonchev–Trinajstić information content (AvgIpc) is 2.63. The number of unbranched alkanes of at least 4 members (excludes halogenated alkanes) is 5. The molecule has 27 heavy (non-hydrogen) atoms. The second-order valence-electron chi connectivity index (χ2n) is 6.95. The normalized spacial score (nSPS) is 15.7. The third-order valence-electron chi connectivity index (χ3n) is 4.31. The largest absolute Gasteiger partial charge is 0.481 e. The Morgan fingerprint density at radius 2 is 1.63 bits per heavy atom. The first kappa shape index (κ1) is 25.6. The summed E-state index contributed by atoms with van der Waals surface area (Å²) in [7, 11) is 0. The SMILES string of the molecule is CCCCCC(O)C(O)C/C=C/C=C\C(O)C/C=C/CCCCCC(=O)O. The van der Waals surface area contributed by atoms with Crippen molar-refractivity contribution < 1.29 is 25.2 Å². The lowest BCUT2D eigenvalue weighted by atomic mass is 10.0. The fourth-order valence-corrected chi connectivity index (χ4v) is 2.59. The second-order valence-corrected chi connectivity index (χ2v) is 6.95. The number of carbonyl (C=O) groups is 1. The Morgan fingerprint density at radius 1 is 0.852 bits per heavy atom. The van der Waals surface area contributed by atoms with Crippen molar-refractivity contribution in [2.75, 3.05) is 0 Å². The smallest absolute Gasteiger partial charge is 0.303 e.